The normalized spacial score (nSPS) is 11.6. The van der Waals surface area contributed by atoms with Gasteiger partial charge in [0.15, 0.2) is 5.78 Å². The van der Waals surface area contributed by atoms with Crippen molar-refractivity contribution in [1.29, 1.82) is 0 Å². The first kappa shape index (κ1) is 35.7. The van der Waals surface area contributed by atoms with Crippen molar-refractivity contribution >= 4 is 23.5 Å². The Labute approximate surface area is 219 Å². The highest BCUT2D eigenvalue weighted by Gasteiger charge is 2.39. The van der Waals surface area contributed by atoms with Crippen molar-refractivity contribution in [1.82, 2.24) is 0 Å². The van der Waals surface area contributed by atoms with Gasteiger partial charge in [0.1, 0.15) is 12.1 Å². The molecule has 0 fully saturated rings. The topological polar surface area (TPSA) is 63.2 Å². The van der Waals surface area contributed by atoms with E-state index in [1.807, 2.05) is 19.9 Å². The zero-order valence-electron chi connectivity index (χ0n) is 23.0. The molecule has 1 N–H and O–H groups in total. The molecule has 1 rings (SSSR count). The number of carbonyl (C=O) groups is 3. The summed E-state index contributed by atoms with van der Waals surface area (Å²) in [6, 6.07) is 6.53. The molecule has 36 heavy (non-hydrogen) atoms. The van der Waals surface area contributed by atoms with Crippen molar-refractivity contribution in [2.45, 2.75) is 106 Å². The van der Waals surface area contributed by atoms with E-state index in [9.17, 15) is 22.8 Å². The molecule has 0 aliphatic heterocycles. The number of hydrogen-bond donors (Lipinski definition) is 1. The van der Waals surface area contributed by atoms with Crippen molar-refractivity contribution in [3.05, 3.63) is 41.5 Å². The SMILES string of the molecule is CC/C=C\C(=O)CCNc1ccc(CC)cc1CC.CC=O.CCCC[C@@H](CC(=O)CC)C(F)(F)F.[HH].[HH]. The zero-order valence-corrected chi connectivity index (χ0v) is 23.0. The second kappa shape index (κ2) is 21.8. The lowest BCUT2D eigenvalue weighted by molar-refractivity contribution is -0.180. The Morgan fingerprint density at radius 2 is 1.72 bits per heavy atom. The number of aldehydes is 1. The molecule has 0 amide bonds. The number of hydrogen-bond acceptors (Lipinski definition) is 4. The van der Waals surface area contributed by atoms with Crippen LogP contribution in [0.15, 0.2) is 30.4 Å². The molecule has 0 unspecified atom stereocenters. The Bertz CT molecular complexity index is 785. The van der Waals surface area contributed by atoms with E-state index < -0.39 is 12.1 Å². The number of rotatable bonds is 14. The van der Waals surface area contributed by atoms with Crippen LogP contribution in [0.5, 0.6) is 0 Å². The first-order valence-electron chi connectivity index (χ1n) is 13.1. The summed E-state index contributed by atoms with van der Waals surface area (Å²) in [7, 11) is 0. The average molecular weight is 518 g/mol. The molecule has 0 spiro atoms. The van der Waals surface area contributed by atoms with Crippen LogP contribution in [0, 0.1) is 5.92 Å². The van der Waals surface area contributed by atoms with Crippen LogP contribution in [0.4, 0.5) is 18.9 Å². The summed E-state index contributed by atoms with van der Waals surface area (Å²) >= 11 is 0. The van der Waals surface area contributed by atoms with Crippen LogP contribution in [0.3, 0.4) is 0 Å². The van der Waals surface area contributed by atoms with Gasteiger partial charge < -0.3 is 10.1 Å². The number of nitrogens with one attached hydrogen (secondary N) is 1. The minimum atomic E-state index is -4.22. The summed E-state index contributed by atoms with van der Waals surface area (Å²) in [6.45, 7) is 11.9. The molecular weight excluding hydrogens is 467 g/mol. The average Bonchev–Trinajstić information content (AvgIpc) is 2.85. The second-order valence-corrected chi connectivity index (χ2v) is 8.37. The van der Waals surface area contributed by atoms with Crippen LogP contribution in [0.1, 0.15) is 100 Å². The highest BCUT2D eigenvalue weighted by atomic mass is 19.4. The quantitative estimate of drug-likeness (QED) is 0.198. The monoisotopic (exact) mass is 517 g/mol. The number of benzene rings is 1. The van der Waals surface area contributed by atoms with Crippen LogP contribution < -0.4 is 5.32 Å². The molecule has 1 aromatic carbocycles. The van der Waals surface area contributed by atoms with Crippen LogP contribution in [0.25, 0.3) is 0 Å². The fourth-order valence-electron chi connectivity index (χ4n) is 3.24. The maximum atomic E-state index is 12.4. The van der Waals surface area contributed by atoms with Crippen molar-refractivity contribution < 1.29 is 30.4 Å². The van der Waals surface area contributed by atoms with E-state index in [4.69, 9.17) is 4.79 Å². The van der Waals surface area contributed by atoms with Gasteiger partial charge >= 0.3 is 6.18 Å². The Kier molecular flexibility index (Phi) is 21.6. The van der Waals surface area contributed by atoms with Gasteiger partial charge in [0, 0.05) is 34.3 Å². The number of ketones is 2. The minimum absolute atomic E-state index is 0. The predicted molar refractivity (Wildman–Crippen MR) is 148 cm³/mol. The third kappa shape index (κ3) is 17.9. The van der Waals surface area contributed by atoms with Gasteiger partial charge in [0.25, 0.3) is 0 Å². The van der Waals surface area contributed by atoms with Gasteiger partial charge in [0.2, 0.25) is 0 Å². The summed E-state index contributed by atoms with van der Waals surface area (Å²) in [5.41, 5.74) is 3.85. The molecule has 0 saturated carbocycles. The molecule has 4 nitrogen and oxygen atoms in total. The maximum absolute atomic E-state index is 12.4. The van der Waals surface area contributed by atoms with Crippen molar-refractivity contribution in [3.63, 3.8) is 0 Å². The summed E-state index contributed by atoms with van der Waals surface area (Å²) < 4.78 is 37.2. The van der Waals surface area contributed by atoms with Gasteiger partial charge in [-0.3, -0.25) is 9.59 Å². The third-order valence-electron chi connectivity index (χ3n) is 5.42. The molecule has 0 radical (unpaired) electrons. The molecular formula is C29H50F3NO3. The maximum Gasteiger partial charge on any atom is 0.392 e. The van der Waals surface area contributed by atoms with E-state index in [1.165, 1.54) is 18.1 Å². The molecule has 0 aliphatic carbocycles. The molecule has 1 aromatic rings. The predicted octanol–water partition coefficient (Wildman–Crippen LogP) is 8.57. The number of halogens is 3. The van der Waals surface area contributed by atoms with E-state index in [2.05, 4.69) is 37.4 Å². The Morgan fingerprint density at radius 3 is 2.19 bits per heavy atom. The molecule has 0 aliphatic rings. The van der Waals surface area contributed by atoms with Gasteiger partial charge in [-0.25, -0.2) is 0 Å². The first-order chi connectivity index (χ1) is 17.0. The highest BCUT2D eigenvalue weighted by molar-refractivity contribution is 5.89. The lowest BCUT2D eigenvalue weighted by Crippen LogP contribution is -2.25. The highest BCUT2D eigenvalue weighted by Crippen LogP contribution is 2.33. The molecule has 0 bridgehead atoms. The summed E-state index contributed by atoms with van der Waals surface area (Å²) in [5.74, 6) is -1.55. The lowest BCUT2D eigenvalue weighted by atomic mass is 9.95. The van der Waals surface area contributed by atoms with E-state index in [-0.39, 0.29) is 33.7 Å². The molecule has 0 saturated heterocycles. The lowest BCUT2D eigenvalue weighted by Gasteiger charge is -2.18. The summed E-state index contributed by atoms with van der Waals surface area (Å²) in [5, 5.41) is 3.37. The zero-order chi connectivity index (χ0) is 28.0. The minimum Gasteiger partial charge on any atom is -0.384 e. The number of alkyl halides is 3. The summed E-state index contributed by atoms with van der Waals surface area (Å²) in [6.07, 6.45) is 4.84. The van der Waals surface area contributed by atoms with Gasteiger partial charge in [-0.2, -0.15) is 13.2 Å². The van der Waals surface area contributed by atoms with Crippen LogP contribution in [0.2, 0.25) is 0 Å². The van der Waals surface area contributed by atoms with Gasteiger partial charge in [-0.15, -0.1) is 0 Å². The van der Waals surface area contributed by atoms with Gasteiger partial charge in [0.05, 0.1) is 5.92 Å². The molecule has 7 heteroatoms. The number of carbonyl (C=O) groups excluding carboxylic acids is 3. The van der Waals surface area contributed by atoms with Crippen LogP contribution in [-0.4, -0.2) is 30.6 Å². The third-order valence-corrected chi connectivity index (χ3v) is 5.42. The van der Waals surface area contributed by atoms with Gasteiger partial charge in [-0.1, -0.05) is 65.7 Å². The summed E-state index contributed by atoms with van der Waals surface area (Å²) in [4.78, 5) is 31.3. The van der Waals surface area contributed by atoms with Crippen LogP contribution >= 0.6 is 0 Å². The molecule has 1 atom stereocenters. The fourth-order valence-corrected chi connectivity index (χ4v) is 3.24. The fraction of sp³-hybridized carbons (Fsp3) is 0.621. The van der Waals surface area contributed by atoms with E-state index in [1.54, 1.807) is 13.0 Å². The van der Waals surface area contributed by atoms with E-state index in [0.717, 1.165) is 37.7 Å². The Hall–Kier alpha value is -2.44. The van der Waals surface area contributed by atoms with Crippen molar-refractivity contribution in [3.8, 4) is 0 Å². The molecule has 0 heterocycles. The molecule has 210 valence electrons. The molecule has 0 aromatic heterocycles. The first-order valence-corrected chi connectivity index (χ1v) is 13.1. The van der Waals surface area contributed by atoms with Gasteiger partial charge in [-0.05, 0) is 55.9 Å². The largest absolute Gasteiger partial charge is 0.392 e. The van der Waals surface area contributed by atoms with Crippen molar-refractivity contribution in [2.75, 3.05) is 11.9 Å². The van der Waals surface area contributed by atoms with Crippen LogP contribution in [-0.2, 0) is 27.2 Å². The number of unbranched alkanes of at least 4 members (excludes halogenated alkanes) is 1. The number of Topliss-reactive ketones (excluding diaryl/α,β-unsaturated/α-hetero) is 1. The van der Waals surface area contributed by atoms with Crippen molar-refractivity contribution in [2.24, 2.45) is 5.92 Å². The Morgan fingerprint density at radius 1 is 1.08 bits per heavy atom. The number of anilines is 1. The number of aryl methyl sites for hydroxylation is 2. The van der Waals surface area contributed by atoms with E-state index in [0.29, 0.717) is 19.4 Å². The standard InChI is InChI=1S/C17H25NO.C10H17F3O.C2H4O.2H2/c1-4-7-8-16(19)11-12-18-17-10-9-14(5-2)13-15(17)6-3;1-3-5-6-8(10(11,12)13)7-9(14)4-2;1-2-3;;/h7-10,13,18H,4-6,11-12H2,1-3H3;8H,3-7H2,1-2H3;2H,1H3;2*1H/b8-7-;;;;/t;8-;;;/m.0.../s1. The smallest absolute Gasteiger partial charge is 0.384 e. The second-order valence-electron chi connectivity index (χ2n) is 8.37. The van der Waals surface area contributed by atoms with E-state index >= 15 is 0 Å². The Balaban J connectivity index is -0.000000272. The number of allylic oxidation sites excluding steroid dienone is 2.